The number of rotatable bonds is 4. The Labute approximate surface area is 197 Å². The number of nitrogens with two attached hydrogens (primary N) is 1. The van der Waals surface area contributed by atoms with Crippen LogP contribution >= 0.6 is 0 Å². The van der Waals surface area contributed by atoms with Gasteiger partial charge < -0.3 is 25.0 Å². The second-order valence-electron chi connectivity index (χ2n) is 9.27. The Balaban J connectivity index is 1.44. The lowest BCUT2D eigenvalue weighted by Crippen LogP contribution is -2.56. The quantitative estimate of drug-likeness (QED) is 0.633. The predicted octanol–water partition coefficient (Wildman–Crippen LogP) is 2.39. The average molecular weight is 461 g/mol. The van der Waals surface area contributed by atoms with Gasteiger partial charge in [0.1, 0.15) is 5.82 Å². The third-order valence-electron chi connectivity index (χ3n) is 7.08. The molecule has 0 atom stereocenters. The molecule has 2 N–H and O–H groups in total. The molecule has 0 unspecified atom stereocenters. The Kier molecular flexibility index (Phi) is 5.30. The van der Waals surface area contributed by atoms with E-state index in [-0.39, 0.29) is 5.60 Å². The second-order valence-corrected chi connectivity index (χ2v) is 9.27. The second kappa shape index (κ2) is 8.48. The SMILES string of the molecule is NC(=O)c1cccc(-c2ccc3c(N4CCOCC4)nc(N4CCOC5(CCC5)C4)nc3n2)c1. The molecule has 1 spiro atoms. The van der Waals surface area contributed by atoms with Gasteiger partial charge in [0.2, 0.25) is 11.9 Å². The van der Waals surface area contributed by atoms with E-state index in [2.05, 4.69) is 9.80 Å². The van der Waals surface area contributed by atoms with Crippen molar-refractivity contribution in [2.45, 2.75) is 24.9 Å². The minimum atomic E-state index is -0.459. The Bertz CT molecular complexity index is 1240. The van der Waals surface area contributed by atoms with Gasteiger partial charge >= 0.3 is 0 Å². The molecule has 6 rings (SSSR count). The van der Waals surface area contributed by atoms with Gasteiger partial charge in [-0.3, -0.25) is 4.79 Å². The number of carbonyl (C=O) groups is 1. The summed E-state index contributed by atoms with van der Waals surface area (Å²) in [6.07, 6.45) is 3.39. The molecule has 3 aromatic rings. The van der Waals surface area contributed by atoms with E-state index in [1.165, 1.54) is 6.42 Å². The first-order valence-corrected chi connectivity index (χ1v) is 11.9. The van der Waals surface area contributed by atoms with Crippen molar-refractivity contribution in [3.8, 4) is 11.3 Å². The van der Waals surface area contributed by atoms with Gasteiger partial charge in [-0.2, -0.15) is 9.97 Å². The summed E-state index contributed by atoms with van der Waals surface area (Å²) < 4.78 is 11.7. The van der Waals surface area contributed by atoms with Crippen LogP contribution in [0.2, 0.25) is 0 Å². The monoisotopic (exact) mass is 460 g/mol. The van der Waals surface area contributed by atoms with Crippen LogP contribution < -0.4 is 15.5 Å². The van der Waals surface area contributed by atoms with Crippen LogP contribution in [-0.2, 0) is 9.47 Å². The summed E-state index contributed by atoms with van der Waals surface area (Å²) in [5.41, 5.74) is 8.09. The minimum absolute atomic E-state index is 0.0554. The molecule has 1 aromatic carbocycles. The molecular formula is C25H28N6O3. The van der Waals surface area contributed by atoms with Gasteiger partial charge in [-0.1, -0.05) is 12.1 Å². The minimum Gasteiger partial charge on any atom is -0.378 e. The summed E-state index contributed by atoms with van der Waals surface area (Å²) in [7, 11) is 0. The maximum absolute atomic E-state index is 11.7. The molecule has 0 radical (unpaired) electrons. The molecule has 3 fully saturated rings. The van der Waals surface area contributed by atoms with Crippen molar-refractivity contribution in [1.29, 1.82) is 0 Å². The number of benzene rings is 1. The molecule has 34 heavy (non-hydrogen) atoms. The van der Waals surface area contributed by atoms with Gasteiger partial charge in [0, 0.05) is 37.3 Å². The Morgan fingerprint density at radius 3 is 2.56 bits per heavy atom. The molecular weight excluding hydrogens is 432 g/mol. The first-order chi connectivity index (χ1) is 16.6. The number of amides is 1. The van der Waals surface area contributed by atoms with E-state index in [4.69, 9.17) is 30.2 Å². The first kappa shape index (κ1) is 21.2. The number of aromatic nitrogens is 3. The van der Waals surface area contributed by atoms with Crippen molar-refractivity contribution >= 4 is 28.7 Å². The maximum Gasteiger partial charge on any atom is 0.248 e. The van der Waals surface area contributed by atoms with Crippen molar-refractivity contribution < 1.29 is 14.3 Å². The topological polar surface area (TPSA) is 107 Å². The first-order valence-electron chi connectivity index (χ1n) is 11.9. The Hall–Kier alpha value is -3.30. The third kappa shape index (κ3) is 3.84. The molecule has 2 aromatic heterocycles. The van der Waals surface area contributed by atoms with E-state index in [1.807, 2.05) is 24.3 Å². The number of hydrogen-bond acceptors (Lipinski definition) is 8. The van der Waals surface area contributed by atoms with Gasteiger partial charge in [0.05, 0.1) is 36.5 Å². The van der Waals surface area contributed by atoms with Crippen LogP contribution in [0.25, 0.3) is 22.3 Å². The van der Waals surface area contributed by atoms with Crippen LogP contribution in [0.5, 0.6) is 0 Å². The molecule has 1 aliphatic carbocycles. The molecule has 3 aliphatic rings. The average Bonchev–Trinajstić information content (AvgIpc) is 2.87. The predicted molar refractivity (Wildman–Crippen MR) is 129 cm³/mol. The molecule has 2 saturated heterocycles. The fraction of sp³-hybridized carbons (Fsp3) is 0.440. The molecule has 2 aliphatic heterocycles. The highest BCUT2D eigenvalue weighted by Gasteiger charge is 2.42. The fourth-order valence-corrected chi connectivity index (χ4v) is 5.02. The number of anilines is 2. The largest absolute Gasteiger partial charge is 0.378 e. The molecule has 4 heterocycles. The van der Waals surface area contributed by atoms with Crippen molar-refractivity contribution in [2.75, 3.05) is 55.8 Å². The van der Waals surface area contributed by atoms with Crippen LogP contribution in [0, 0.1) is 0 Å². The summed E-state index contributed by atoms with van der Waals surface area (Å²) in [5, 5.41) is 0.909. The molecule has 176 valence electrons. The molecule has 1 saturated carbocycles. The van der Waals surface area contributed by atoms with Crippen LogP contribution in [0.4, 0.5) is 11.8 Å². The number of pyridine rings is 1. The molecule has 9 heteroatoms. The standard InChI is InChI=1S/C25H28N6O3/c26-21(32)18-4-1-3-17(15-18)20-6-5-19-22(27-20)28-24(29-23(19)30-9-12-33-13-10-30)31-11-14-34-25(16-31)7-2-8-25/h1,3-6,15H,2,7-14,16H2,(H2,26,32). The summed E-state index contributed by atoms with van der Waals surface area (Å²) in [5.74, 6) is 1.13. The lowest BCUT2D eigenvalue weighted by atomic mass is 9.79. The number of hydrogen-bond donors (Lipinski definition) is 1. The third-order valence-corrected chi connectivity index (χ3v) is 7.08. The smallest absolute Gasteiger partial charge is 0.248 e. The van der Waals surface area contributed by atoms with E-state index in [9.17, 15) is 4.79 Å². The zero-order valence-corrected chi connectivity index (χ0v) is 19.1. The van der Waals surface area contributed by atoms with E-state index < -0.39 is 5.91 Å². The molecule has 1 amide bonds. The van der Waals surface area contributed by atoms with Crippen LogP contribution in [0.3, 0.4) is 0 Å². The Morgan fingerprint density at radius 2 is 1.79 bits per heavy atom. The number of nitrogens with zero attached hydrogens (tertiary/aromatic N) is 5. The van der Waals surface area contributed by atoms with E-state index in [0.717, 1.165) is 61.5 Å². The van der Waals surface area contributed by atoms with E-state index >= 15 is 0 Å². The van der Waals surface area contributed by atoms with Gasteiger partial charge in [0.15, 0.2) is 5.65 Å². The summed E-state index contributed by atoms with van der Waals surface area (Å²) in [6, 6.07) is 11.2. The fourth-order valence-electron chi connectivity index (χ4n) is 5.02. The van der Waals surface area contributed by atoms with Crippen molar-refractivity contribution in [2.24, 2.45) is 5.73 Å². The van der Waals surface area contributed by atoms with E-state index in [1.54, 1.807) is 12.1 Å². The summed E-state index contributed by atoms with van der Waals surface area (Å²) >= 11 is 0. The van der Waals surface area contributed by atoms with Crippen molar-refractivity contribution in [3.05, 3.63) is 42.0 Å². The van der Waals surface area contributed by atoms with Gasteiger partial charge in [-0.25, -0.2) is 4.98 Å². The number of morpholine rings is 2. The number of fused-ring (bicyclic) bond motifs is 1. The summed E-state index contributed by atoms with van der Waals surface area (Å²) in [4.78, 5) is 31.0. The number of primary amides is 1. The lowest BCUT2D eigenvalue weighted by Gasteiger charge is -2.48. The lowest BCUT2D eigenvalue weighted by molar-refractivity contribution is -0.107. The molecule has 9 nitrogen and oxygen atoms in total. The van der Waals surface area contributed by atoms with Gasteiger partial charge in [-0.05, 0) is 43.5 Å². The number of ether oxygens (including phenoxy) is 2. The maximum atomic E-state index is 11.7. The zero-order valence-electron chi connectivity index (χ0n) is 19.1. The highest BCUT2D eigenvalue weighted by atomic mass is 16.5. The van der Waals surface area contributed by atoms with Crippen LogP contribution in [0.1, 0.15) is 29.6 Å². The number of carbonyl (C=O) groups excluding carboxylic acids is 1. The molecule has 0 bridgehead atoms. The van der Waals surface area contributed by atoms with Crippen LogP contribution in [-0.4, -0.2) is 72.5 Å². The summed E-state index contributed by atoms with van der Waals surface area (Å²) in [6.45, 7) is 5.15. The normalized spacial score (nSPS) is 19.9. The highest BCUT2D eigenvalue weighted by Crippen LogP contribution is 2.39. The Morgan fingerprint density at radius 1 is 0.971 bits per heavy atom. The van der Waals surface area contributed by atoms with Gasteiger partial charge in [-0.15, -0.1) is 0 Å². The van der Waals surface area contributed by atoms with E-state index in [0.29, 0.717) is 37.0 Å². The zero-order chi connectivity index (χ0) is 23.1. The van der Waals surface area contributed by atoms with Crippen molar-refractivity contribution in [1.82, 2.24) is 15.0 Å². The van der Waals surface area contributed by atoms with Gasteiger partial charge in [0.25, 0.3) is 0 Å². The highest BCUT2D eigenvalue weighted by molar-refractivity contribution is 5.94. The van der Waals surface area contributed by atoms with Crippen molar-refractivity contribution in [3.63, 3.8) is 0 Å². The van der Waals surface area contributed by atoms with Crippen LogP contribution in [0.15, 0.2) is 36.4 Å².